The van der Waals surface area contributed by atoms with E-state index in [1.54, 1.807) is 0 Å². The van der Waals surface area contributed by atoms with Crippen molar-refractivity contribution < 1.29 is 0 Å². The zero-order chi connectivity index (χ0) is 21.9. The molecule has 0 heterocycles. The van der Waals surface area contributed by atoms with Gasteiger partial charge in [-0.1, -0.05) is 91.8 Å². The summed E-state index contributed by atoms with van der Waals surface area (Å²) in [5, 5.41) is 0. The second-order valence-corrected chi connectivity index (χ2v) is 9.39. The Morgan fingerprint density at radius 3 is 1.21 bits per heavy atom. The van der Waals surface area contributed by atoms with E-state index in [-0.39, 0.29) is 0 Å². The van der Waals surface area contributed by atoms with Crippen LogP contribution >= 0.6 is 0 Å². The molecule has 0 unspecified atom stereocenters. The van der Waals surface area contributed by atoms with Crippen molar-refractivity contribution in [3.8, 4) is 0 Å². The fourth-order valence-corrected chi connectivity index (χ4v) is 4.32. The number of rotatable bonds is 7. The van der Waals surface area contributed by atoms with Crippen LogP contribution in [0.25, 0.3) is 11.3 Å². The maximum absolute atomic E-state index is 6.23. The smallest absolute Gasteiger partial charge is 0.0598 e. The molecule has 29 heavy (non-hydrogen) atoms. The van der Waals surface area contributed by atoms with E-state index in [0.29, 0.717) is 23.7 Å². The molecule has 0 spiro atoms. The standard InChI is InChI=1S/C27H40N2/c1-16(2)21-12-10-13-22(17(3)4)25(21)20(9)27(29-28)26-23(18(5)6)14-11-15-24(26)19(7)8/h10-19,29H,28H2,1-9H3. The molecule has 158 valence electrons. The van der Waals surface area contributed by atoms with E-state index in [2.05, 4.69) is 104 Å². The summed E-state index contributed by atoms with van der Waals surface area (Å²) in [6, 6.07) is 13.4. The lowest BCUT2D eigenvalue weighted by atomic mass is 9.81. The van der Waals surface area contributed by atoms with E-state index in [0.717, 1.165) is 5.70 Å². The fraction of sp³-hybridized carbons (Fsp3) is 0.481. The van der Waals surface area contributed by atoms with Gasteiger partial charge in [-0.25, -0.2) is 0 Å². The number of allylic oxidation sites excluding steroid dienone is 1. The van der Waals surface area contributed by atoms with Crippen LogP contribution in [0.2, 0.25) is 0 Å². The molecular weight excluding hydrogens is 352 g/mol. The Hall–Kier alpha value is -2.06. The van der Waals surface area contributed by atoms with Crippen LogP contribution in [0.3, 0.4) is 0 Å². The van der Waals surface area contributed by atoms with E-state index in [9.17, 15) is 0 Å². The van der Waals surface area contributed by atoms with E-state index in [4.69, 9.17) is 5.84 Å². The molecule has 2 heteroatoms. The molecule has 0 aromatic heterocycles. The Morgan fingerprint density at radius 2 is 0.931 bits per heavy atom. The number of hydrogen-bond acceptors (Lipinski definition) is 2. The van der Waals surface area contributed by atoms with Gasteiger partial charge in [0.1, 0.15) is 0 Å². The molecule has 2 nitrogen and oxygen atoms in total. The van der Waals surface area contributed by atoms with Crippen molar-refractivity contribution in [1.29, 1.82) is 0 Å². The molecule has 0 fully saturated rings. The largest absolute Gasteiger partial charge is 0.323 e. The van der Waals surface area contributed by atoms with Gasteiger partial charge in [-0.2, -0.15) is 0 Å². The lowest BCUT2D eigenvalue weighted by molar-refractivity contribution is 0.816. The summed E-state index contributed by atoms with van der Waals surface area (Å²) in [5.41, 5.74) is 13.5. The lowest BCUT2D eigenvalue weighted by Gasteiger charge is -2.26. The SMILES string of the molecule is CC(=C(NN)c1c(C(C)C)cccc1C(C)C)c1c(C(C)C)cccc1C(C)C. The first-order chi connectivity index (χ1) is 13.6. The zero-order valence-electron chi connectivity index (χ0n) is 19.9. The van der Waals surface area contributed by atoms with E-state index in [1.165, 1.54) is 39.0 Å². The average Bonchev–Trinajstić information content (AvgIpc) is 2.67. The summed E-state index contributed by atoms with van der Waals surface area (Å²) < 4.78 is 0. The first-order valence-electron chi connectivity index (χ1n) is 11.1. The van der Waals surface area contributed by atoms with Gasteiger partial charge in [-0.05, 0) is 64.0 Å². The third-order valence-corrected chi connectivity index (χ3v) is 5.89. The van der Waals surface area contributed by atoms with Gasteiger partial charge >= 0.3 is 0 Å². The third kappa shape index (κ3) is 4.75. The molecule has 0 aliphatic rings. The molecule has 2 aromatic carbocycles. The summed E-state index contributed by atoms with van der Waals surface area (Å²) in [5.74, 6) is 7.96. The van der Waals surface area contributed by atoms with Crippen LogP contribution < -0.4 is 11.3 Å². The van der Waals surface area contributed by atoms with Crippen molar-refractivity contribution in [1.82, 2.24) is 5.43 Å². The maximum Gasteiger partial charge on any atom is 0.0598 e. The highest BCUT2D eigenvalue weighted by Gasteiger charge is 2.22. The van der Waals surface area contributed by atoms with Gasteiger partial charge in [0, 0.05) is 5.56 Å². The highest BCUT2D eigenvalue weighted by molar-refractivity contribution is 5.92. The molecular formula is C27H40N2. The second-order valence-electron chi connectivity index (χ2n) is 9.39. The summed E-state index contributed by atoms with van der Waals surface area (Å²) in [4.78, 5) is 0. The molecule has 0 saturated carbocycles. The number of hydrogen-bond donors (Lipinski definition) is 2. The zero-order valence-corrected chi connectivity index (χ0v) is 19.9. The number of nitrogens with two attached hydrogens (primary N) is 1. The van der Waals surface area contributed by atoms with Crippen LogP contribution in [0, 0.1) is 0 Å². The first kappa shape index (κ1) is 23.2. The Balaban J connectivity index is 2.95. The summed E-state index contributed by atoms with van der Waals surface area (Å²) in [7, 11) is 0. The monoisotopic (exact) mass is 392 g/mol. The summed E-state index contributed by atoms with van der Waals surface area (Å²) in [6.07, 6.45) is 0. The van der Waals surface area contributed by atoms with Crippen molar-refractivity contribution in [3.05, 3.63) is 69.8 Å². The second kappa shape index (κ2) is 9.63. The Kier molecular flexibility index (Phi) is 7.71. The van der Waals surface area contributed by atoms with Gasteiger partial charge in [0.2, 0.25) is 0 Å². The van der Waals surface area contributed by atoms with Crippen LogP contribution in [0.4, 0.5) is 0 Å². The molecule has 0 radical (unpaired) electrons. The third-order valence-electron chi connectivity index (χ3n) is 5.89. The van der Waals surface area contributed by atoms with Crippen LogP contribution in [0.15, 0.2) is 36.4 Å². The lowest BCUT2D eigenvalue weighted by Crippen LogP contribution is -2.24. The summed E-state index contributed by atoms with van der Waals surface area (Å²) in [6.45, 7) is 20.3. The van der Waals surface area contributed by atoms with Gasteiger partial charge < -0.3 is 5.43 Å². The predicted molar refractivity (Wildman–Crippen MR) is 129 cm³/mol. The van der Waals surface area contributed by atoms with Gasteiger partial charge in [0.05, 0.1) is 5.70 Å². The fourth-order valence-electron chi connectivity index (χ4n) is 4.32. The quantitative estimate of drug-likeness (QED) is 0.290. The Labute approximate surface area is 178 Å². The molecule has 2 aromatic rings. The van der Waals surface area contributed by atoms with Crippen molar-refractivity contribution >= 4 is 11.3 Å². The number of hydrazine groups is 1. The van der Waals surface area contributed by atoms with Crippen molar-refractivity contribution in [2.75, 3.05) is 0 Å². The highest BCUT2D eigenvalue weighted by atomic mass is 15.2. The maximum atomic E-state index is 6.23. The molecule has 0 saturated heterocycles. The van der Waals surface area contributed by atoms with Crippen LogP contribution in [0.5, 0.6) is 0 Å². The van der Waals surface area contributed by atoms with Gasteiger partial charge in [-0.3, -0.25) is 5.84 Å². The van der Waals surface area contributed by atoms with Gasteiger partial charge in [0.25, 0.3) is 0 Å². The Bertz CT molecular complexity index is 818. The predicted octanol–water partition coefficient (Wildman–Crippen LogP) is 7.53. The van der Waals surface area contributed by atoms with Crippen molar-refractivity contribution in [3.63, 3.8) is 0 Å². The summed E-state index contributed by atoms with van der Waals surface area (Å²) >= 11 is 0. The first-order valence-corrected chi connectivity index (χ1v) is 11.1. The average molecular weight is 393 g/mol. The molecule has 0 bridgehead atoms. The topological polar surface area (TPSA) is 38.0 Å². The minimum Gasteiger partial charge on any atom is -0.323 e. The van der Waals surface area contributed by atoms with Crippen LogP contribution in [-0.2, 0) is 0 Å². The molecule has 0 aliphatic heterocycles. The molecule has 2 rings (SSSR count). The number of nitrogens with one attached hydrogen (secondary N) is 1. The number of benzene rings is 2. The van der Waals surface area contributed by atoms with Crippen LogP contribution in [0.1, 0.15) is 119 Å². The molecule has 0 atom stereocenters. The van der Waals surface area contributed by atoms with Crippen molar-refractivity contribution in [2.45, 2.75) is 86.0 Å². The van der Waals surface area contributed by atoms with Crippen molar-refractivity contribution in [2.24, 2.45) is 5.84 Å². The minimum absolute atomic E-state index is 0.421. The van der Waals surface area contributed by atoms with E-state index in [1.807, 2.05) is 0 Å². The molecule has 3 N–H and O–H groups in total. The minimum atomic E-state index is 0.421. The van der Waals surface area contributed by atoms with E-state index >= 15 is 0 Å². The van der Waals surface area contributed by atoms with Gasteiger partial charge in [-0.15, -0.1) is 0 Å². The molecule has 0 aliphatic carbocycles. The van der Waals surface area contributed by atoms with Crippen LogP contribution in [-0.4, -0.2) is 0 Å². The van der Waals surface area contributed by atoms with Gasteiger partial charge in [0.15, 0.2) is 0 Å². The Morgan fingerprint density at radius 1 is 0.621 bits per heavy atom. The normalized spacial score (nSPS) is 12.9. The highest BCUT2D eigenvalue weighted by Crippen LogP contribution is 2.39. The molecule has 0 amide bonds. The van der Waals surface area contributed by atoms with E-state index < -0.39 is 0 Å².